The van der Waals surface area contributed by atoms with Crippen LogP contribution in [0.2, 0.25) is 0 Å². The number of benzene rings is 1. The van der Waals surface area contributed by atoms with Gasteiger partial charge in [0, 0.05) is 44.2 Å². The van der Waals surface area contributed by atoms with E-state index in [0.29, 0.717) is 36.9 Å². The van der Waals surface area contributed by atoms with Crippen molar-refractivity contribution in [2.75, 3.05) is 6.54 Å². The van der Waals surface area contributed by atoms with Crippen molar-refractivity contribution in [3.63, 3.8) is 0 Å². The molecule has 0 radical (unpaired) electrons. The van der Waals surface area contributed by atoms with Crippen molar-refractivity contribution in [3.8, 4) is 11.6 Å². The van der Waals surface area contributed by atoms with Crippen LogP contribution in [0.25, 0.3) is 11.6 Å². The third-order valence-corrected chi connectivity index (χ3v) is 4.80. The number of carbonyl (C=O) groups excluding carboxylic acids is 1. The second kappa shape index (κ2) is 6.74. The highest BCUT2D eigenvalue weighted by Crippen LogP contribution is 2.29. The maximum absolute atomic E-state index is 12.7. The lowest BCUT2D eigenvalue weighted by Gasteiger charge is -2.27. The van der Waals surface area contributed by atoms with Crippen LogP contribution in [0.5, 0.6) is 0 Å². The molecule has 3 heterocycles. The zero-order chi connectivity index (χ0) is 18.1. The number of nitrogens with zero attached hydrogens (tertiary/aromatic N) is 5. The molecule has 0 bridgehead atoms. The monoisotopic (exact) mass is 351 g/mol. The van der Waals surface area contributed by atoms with E-state index in [-0.39, 0.29) is 5.91 Å². The molecule has 0 spiro atoms. The molecule has 4 rings (SSSR count). The van der Waals surface area contributed by atoms with E-state index in [9.17, 15) is 4.79 Å². The average molecular weight is 351 g/mol. The summed E-state index contributed by atoms with van der Waals surface area (Å²) in [4.78, 5) is 18.9. The van der Waals surface area contributed by atoms with Crippen molar-refractivity contribution in [1.29, 1.82) is 0 Å². The van der Waals surface area contributed by atoms with Crippen LogP contribution in [0, 0.1) is 6.92 Å². The molecule has 1 aromatic carbocycles. The third kappa shape index (κ3) is 3.12. The molecule has 0 saturated heterocycles. The molecule has 0 aliphatic carbocycles. The van der Waals surface area contributed by atoms with Gasteiger partial charge in [-0.15, -0.1) is 0 Å². The third-order valence-electron chi connectivity index (χ3n) is 4.80. The summed E-state index contributed by atoms with van der Waals surface area (Å²) in [6.45, 7) is 3.03. The van der Waals surface area contributed by atoms with E-state index < -0.39 is 0 Å². The fraction of sp³-hybridized carbons (Fsp3) is 0.368. The fourth-order valence-corrected chi connectivity index (χ4v) is 3.42. The van der Waals surface area contributed by atoms with Crippen molar-refractivity contribution in [3.05, 3.63) is 53.0 Å². The molecule has 1 aliphatic rings. The highest BCUT2D eigenvalue weighted by Gasteiger charge is 2.29. The molecule has 26 heavy (non-hydrogen) atoms. The Hall–Kier alpha value is -2.96. The molecule has 0 N–H and O–H groups in total. The smallest absolute Gasteiger partial charge is 0.278 e. The van der Waals surface area contributed by atoms with Gasteiger partial charge in [-0.3, -0.25) is 9.48 Å². The summed E-state index contributed by atoms with van der Waals surface area (Å²) in [6, 6.07) is 10.1. The van der Waals surface area contributed by atoms with E-state index in [1.165, 1.54) is 5.56 Å². The van der Waals surface area contributed by atoms with Gasteiger partial charge in [0.25, 0.3) is 5.89 Å². The van der Waals surface area contributed by atoms with Crippen molar-refractivity contribution < 1.29 is 9.32 Å². The SMILES string of the molecule is Cc1noc(-c2nn(C)c3c2CN(C(=O)CCc2ccccc2)CC3)n1. The Morgan fingerprint density at radius 3 is 2.81 bits per heavy atom. The predicted octanol–water partition coefficient (Wildman–Crippen LogP) is 2.30. The normalized spacial score (nSPS) is 13.7. The second-order valence-corrected chi connectivity index (χ2v) is 6.60. The number of hydrogen-bond donors (Lipinski definition) is 0. The summed E-state index contributed by atoms with van der Waals surface area (Å²) < 4.78 is 7.15. The number of aromatic nitrogens is 4. The maximum Gasteiger partial charge on any atom is 0.278 e. The molecule has 134 valence electrons. The first-order chi connectivity index (χ1) is 12.6. The molecule has 0 saturated carbocycles. The molecule has 2 aromatic heterocycles. The summed E-state index contributed by atoms with van der Waals surface area (Å²) in [5.41, 5.74) is 4.00. The number of rotatable bonds is 4. The quantitative estimate of drug-likeness (QED) is 0.721. The Balaban J connectivity index is 1.51. The van der Waals surface area contributed by atoms with Gasteiger partial charge in [-0.05, 0) is 18.9 Å². The van der Waals surface area contributed by atoms with Crippen LogP contribution in [0.4, 0.5) is 0 Å². The highest BCUT2D eigenvalue weighted by molar-refractivity contribution is 5.77. The van der Waals surface area contributed by atoms with E-state index in [1.807, 2.05) is 34.8 Å². The van der Waals surface area contributed by atoms with Crippen LogP contribution in [0.1, 0.15) is 29.1 Å². The van der Waals surface area contributed by atoms with Crippen LogP contribution < -0.4 is 0 Å². The number of fused-ring (bicyclic) bond motifs is 1. The molecule has 0 unspecified atom stereocenters. The van der Waals surface area contributed by atoms with Crippen molar-refractivity contribution in [1.82, 2.24) is 24.8 Å². The summed E-state index contributed by atoms with van der Waals surface area (Å²) in [5.74, 6) is 1.15. The van der Waals surface area contributed by atoms with Crippen molar-refractivity contribution in [2.24, 2.45) is 7.05 Å². The van der Waals surface area contributed by atoms with E-state index in [1.54, 1.807) is 6.92 Å². The number of amides is 1. The molecule has 7 heteroatoms. The van der Waals surface area contributed by atoms with Crippen LogP contribution in [-0.4, -0.2) is 37.3 Å². The largest absolute Gasteiger partial charge is 0.338 e. The van der Waals surface area contributed by atoms with Crippen molar-refractivity contribution in [2.45, 2.75) is 32.7 Å². The van der Waals surface area contributed by atoms with Gasteiger partial charge in [-0.25, -0.2) is 0 Å². The Morgan fingerprint density at radius 2 is 2.08 bits per heavy atom. The summed E-state index contributed by atoms with van der Waals surface area (Å²) in [6.07, 6.45) is 2.05. The van der Waals surface area contributed by atoms with E-state index >= 15 is 0 Å². The Kier molecular flexibility index (Phi) is 4.28. The van der Waals surface area contributed by atoms with Gasteiger partial charge in [0.1, 0.15) is 0 Å². The zero-order valence-corrected chi connectivity index (χ0v) is 15.0. The van der Waals surface area contributed by atoms with Gasteiger partial charge >= 0.3 is 0 Å². The predicted molar refractivity (Wildman–Crippen MR) is 95.1 cm³/mol. The standard InChI is InChI=1S/C19H21N5O2/c1-13-20-19(26-22-13)18-15-12-24(11-10-16(15)23(2)21-18)17(25)9-8-14-6-4-3-5-7-14/h3-7H,8-12H2,1-2H3. The van der Waals surface area contributed by atoms with E-state index in [4.69, 9.17) is 4.52 Å². The first-order valence-electron chi connectivity index (χ1n) is 8.79. The Bertz CT molecular complexity index is 929. The molecular formula is C19H21N5O2. The topological polar surface area (TPSA) is 77.0 Å². The van der Waals surface area contributed by atoms with Crippen LogP contribution in [0.3, 0.4) is 0 Å². The molecule has 0 atom stereocenters. The zero-order valence-electron chi connectivity index (χ0n) is 15.0. The molecule has 1 amide bonds. The van der Waals surface area contributed by atoms with Crippen molar-refractivity contribution >= 4 is 5.91 Å². The summed E-state index contributed by atoms with van der Waals surface area (Å²) in [7, 11) is 1.92. The minimum atomic E-state index is 0.163. The molecule has 7 nitrogen and oxygen atoms in total. The number of hydrogen-bond acceptors (Lipinski definition) is 5. The molecular weight excluding hydrogens is 330 g/mol. The average Bonchev–Trinajstić information content (AvgIpc) is 3.23. The fourth-order valence-electron chi connectivity index (χ4n) is 3.42. The van der Waals surface area contributed by atoms with Gasteiger partial charge in [0.2, 0.25) is 5.91 Å². The maximum atomic E-state index is 12.7. The number of carbonyl (C=O) groups is 1. The lowest BCUT2D eigenvalue weighted by Crippen LogP contribution is -2.36. The van der Waals surface area contributed by atoms with Crippen LogP contribution in [0.15, 0.2) is 34.9 Å². The summed E-state index contributed by atoms with van der Waals surface area (Å²) in [5, 5.41) is 8.40. The van der Waals surface area contributed by atoms with Crippen LogP contribution >= 0.6 is 0 Å². The van der Waals surface area contributed by atoms with E-state index in [0.717, 1.165) is 24.1 Å². The lowest BCUT2D eigenvalue weighted by atomic mass is 10.0. The van der Waals surface area contributed by atoms with Gasteiger partial charge in [0.05, 0.1) is 0 Å². The minimum Gasteiger partial charge on any atom is -0.338 e. The van der Waals surface area contributed by atoms with Crippen LogP contribution in [-0.2, 0) is 31.2 Å². The molecule has 0 fully saturated rings. The minimum absolute atomic E-state index is 0.163. The van der Waals surface area contributed by atoms with Gasteiger partial charge in [-0.1, -0.05) is 35.5 Å². The first-order valence-corrected chi connectivity index (χ1v) is 8.79. The summed E-state index contributed by atoms with van der Waals surface area (Å²) >= 11 is 0. The van der Waals surface area contributed by atoms with E-state index in [2.05, 4.69) is 27.4 Å². The van der Waals surface area contributed by atoms with Gasteiger partial charge < -0.3 is 9.42 Å². The molecule has 3 aromatic rings. The number of aryl methyl sites for hydroxylation is 3. The first kappa shape index (κ1) is 16.5. The Morgan fingerprint density at radius 1 is 1.27 bits per heavy atom. The Labute approximate surface area is 151 Å². The second-order valence-electron chi connectivity index (χ2n) is 6.60. The highest BCUT2D eigenvalue weighted by atomic mass is 16.5. The van der Waals surface area contributed by atoms with Gasteiger partial charge in [0.15, 0.2) is 11.5 Å². The lowest BCUT2D eigenvalue weighted by molar-refractivity contribution is -0.132. The molecule has 1 aliphatic heterocycles. The van der Waals surface area contributed by atoms with Gasteiger partial charge in [-0.2, -0.15) is 10.1 Å².